The molecular formula is C22H26N4O2. The van der Waals surface area contributed by atoms with E-state index in [-0.39, 0.29) is 18.1 Å². The molecule has 3 rings (SSSR count). The van der Waals surface area contributed by atoms with E-state index in [4.69, 9.17) is 5.73 Å². The van der Waals surface area contributed by atoms with Gasteiger partial charge in [-0.25, -0.2) is 4.79 Å². The molecule has 0 aliphatic heterocycles. The van der Waals surface area contributed by atoms with Gasteiger partial charge in [0, 0.05) is 42.5 Å². The van der Waals surface area contributed by atoms with Gasteiger partial charge in [0.2, 0.25) is 0 Å². The van der Waals surface area contributed by atoms with E-state index >= 15 is 0 Å². The van der Waals surface area contributed by atoms with Gasteiger partial charge in [0.15, 0.2) is 0 Å². The van der Waals surface area contributed by atoms with Crippen LogP contribution in [0.4, 0.5) is 10.5 Å². The predicted octanol–water partition coefficient (Wildman–Crippen LogP) is 3.53. The summed E-state index contributed by atoms with van der Waals surface area (Å²) < 4.78 is 1.79. The van der Waals surface area contributed by atoms with Crippen molar-refractivity contribution in [2.45, 2.75) is 26.9 Å². The summed E-state index contributed by atoms with van der Waals surface area (Å²) >= 11 is 0. The van der Waals surface area contributed by atoms with E-state index in [0.29, 0.717) is 23.5 Å². The molecule has 0 fully saturated rings. The van der Waals surface area contributed by atoms with Gasteiger partial charge in [-0.2, -0.15) is 0 Å². The molecule has 1 aromatic heterocycles. The molecule has 6 nitrogen and oxygen atoms in total. The van der Waals surface area contributed by atoms with Crippen LogP contribution in [-0.4, -0.2) is 17.6 Å². The van der Waals surface area contributed by atoms with Crippen molar-refractivity contribution in [3.8, 4) is 11.1 Å². The lowest BCUT2D eigenvalue weighted by Gasteiger charge is -2.21. The third-order valence-electron chi connectivity index (χ3n) is 4.67. The summed E-state index contributed by atoms with van der Waals surface area (Å²) in [5, 5.41) is 6.71. The third kappa shape index (κ3) is 3.77. The summed E-state index contributed by atoms with van der Waals surface area (Å²) in [7, 11) is 1.56. The van der Waals surface area contributed by atoms with Crippen LogP contribution < -0.4 is 21.9 Å². The first-order valence-corrected chi connectivity index (χ1v) is 9.40. The Labute approximate surface area is 164 Å². The number of rotatable bonds is 5. The Kier molecular flexibility index (Phi) is 5.80. The molecule has 2 amide bonds. The van der Waals surface area contributed by atoms with Crippen molar-refractivity contribution in [1.29, 1.82) is 0 Å². The number of carbonyl (C=O) groups is 1. The molecule has 6 heteroatoms. The summed E-state index contributed by atoms with van der Waals surface area (Å²) in [6, 6.07) is 14.9. The molecule has 2 aromatic carbocycles. The lowest BCUT2D eigenvalue weighted by atomic mass is 9.96. The van der Waals surface area contributed by atoms with E-state index in [2.05, 4.69) is 24.5 Å². The van der Waals surface area contributed by atoms with Crippen molar-refractivity contribution >= 4 is 22.5 Å². The monoisotopic (exact) mass is 378 g/mol. The van der Waals surface area contributed by atoms with Gasteiger partial charge in [-0.1, -0.05) is 44.2 Å². The molecule has 0 bridgehead atoms. The first kappa shape index (κ1) is 19.6. The number of carbonyl (C=O) groups excluding carboxylic acids is 1. The second-order valence-corrected chi connectivity index (χ2v) is 7.17. The number of hydrogen-bond donors (Lipinski definition) is 3. The minimum atomic E-state index is -0.312. The van der Waals surface area contributed by atoms with Gasteiger partial charge in [0.1, 0.15) is 0 Å². The van der Waals surface area contributed by atoms with Gasteiger partial charge in [0.05, 0.1) is 0 Å². The van der Waals surface area contributed by atoms with Gasteiger partial charge in [-0.3, -0.25) is 4.79 Å². The molecule has 1 heterocycles. The number of nitrogens with two attached hydrogens (primary N) is 1. The first-order chi connectivity index (χ1) is 13.5. The minimum absolute atomic E-state index is 0.0599. The van der Waals surface area contributed by atoms with E-state index in [1.54, 1.807) is 23.7 Å². The van der Waals surface area contributed by atoms with E-state index in [1.807, 2.05) is 36.4 Å². The SMILES string of the molecule is CNC(=O)Nc1ccc2c(=O)n(CC(C)C)c(CN)c(-c3ccccc3)c2c1. The number of pyridine rings is 1. The Morgan fingerprint density at radius 1 is 1.11 bits per heavy atom. The van der Waals surface area contributed by atoms with Gasteiger partial charge >= 0.3 is 6.03 Å². The first-order valence-electron chi connectivity index (χ1n) is 9.40. The van der Waals surface area contributed by atoms with Crippen LogP contribution in [0.2, 0.25) is 0 Å². The van der Waals surface area contributed by atoms with Crippen LogP contribution >= 0.6 is 0 Å². The largest absolute Gasteiger partial charge is 0.341 e. The zero-order chi connectivity index (χ0) is 20.3. The maximum Gasteiger partial charge on any atom is 0.318 e. The highest BCUT2D eigenvalue weighted by atomic mass is 16.2. The summed E-state index contributed by atoms with van der Waals surface area (Å²) in [4.78, 5) is 25.0. The molecule has 28 heavy (non-hydrogen) atoms. The summed E-state index contributed by atoms with van der Waals surface area (Å²) in [5.41, 5.74) is 9.40. The van der Waals surface area contributed by atoms with Gasteiger partial charge < -0.3 is 20.9 Å². The molecule has 146 valence electrons. The Bertz CT molecular complexity index is 1060. The van der Waals surface area contributed by atoms with Crippen LogP contribution in [0.5, 0.6) is 0 Å². The van der Waals surface area contributed by atoms with Crippen LogP contribution in [0, 0.1) is 5.92 Å². The molecule has 0 atom stereocenters. The summed E-state index contributed by atoms with van der Waals surface area (Å²) in [6.07, 6.45) is 0. The van der Waals surface area contributed by atoms with Crippen molar-refractivity contribution < 1.29 is 4.79 Å². The second-order valence-electron chi connectivity index (χ2n) is 7.17. The Morgan fingerprint density at radius 3 is 2.43 bits per heavy atom. The quantitative estimate of drug-likeness (QED) is 0.634. The number of nitrogens with zero attached hydrogens (tertiary/aromatic N) is 1. The van der Waals surface area contributed by atoms with Gasteiger partial charge in [-0.15, -0.1) is 0 Å². The number of fused-ring (bicyclic) bond motifs is 1. The van der Waals surface area contributed by atoms with Crippen molar-refractivity contribution in [2.24, 2.45) is 11.7 Å². The van der Waals surface area contributed by atoms with Crippen molar-refractivity contribution in [1.82, 2.24) is 9.88 Å². The van der Waals surface area contributed by atoms with E-state index in [9.17, 15) is 9.59 Å². The molecule has 0 aliphatic rings. The average Bonchev–Trinajstić information content (AvgIpc) is 2.70. The normalized spacial score (nSPS) is 11.0. The number of nitrogens with one attached hydrogen (secondary N) is 2. The summed E-state index contributed by atoms with van der Waals surface area (Å²) in [6.45, 7) is 5.00. The zero-order valence-electron chi connectivity index (χ0n) is 16.5. The number of urea groups is 1. The number of hydrogen-bond acceptors (Lipinski definition) is 3. The molecule has 3 aromatic rings. The van der Waals surface area contributed by atoms with E-state index < -0.39 is 0 Å². The fraction of sp³-hybridized carbons (Fsp3) is 0.273. The van der Waals surface area contributed by atoms with Crippen molar-refractivity contribution in [3.63, 3.8) is 0 Å². The Morgan fingerprint density at radius 2 is 1.82 bits per heavy atom. The van der Waals surface area contributed by atoms with Gasteiger partial charge in [-0.05, 0) is 35.1 Å². The molecule has 0 unspecified atom stereocenters. The number of amides is 2. The van der Waals surface area contributed by atoms with Gasteiger partial charge in [0.25, 0.3) is 5.56 Å². The number of anilines is 1. The van der Waals surface area contributed by atoms with Crippen LogP contribution in [-0.2, 0) is 13.1 Å². The lowest BCUT2D eigenvalue weighted by Crippen LogP contribution is -2.28. The van der Waals surface area contributed by atoms with Crippen molar-refractivity contribution in [3.05, 3.63) is 64.6 Å². The molecule has 0 spiro atoms. The van der Waals surface area contributed by atoms with Crippen LogP contribution in [0.1, 0.15) is 19.5 Å². The Hall–Kier alpha value is -3.12. The number of aromatic nitrogens is 1. The fourth-order valence-electron chi connectivity index (χ4n) is 3.46. The summed E-state index contributed by atoms with van der Waals surface area (Å²) in [5.74, 6) is 0.304. The smallest absolute Gasteiger partial charge is 0.318 e. The minimum Gasteiger partial charge on any atom is -0.341 e. The third-order valence-corrected chi connectivity index (χ3v) is 4.67. The van der Waals surface area contributed by atoms with Crippen LogP contribution in [0.25, 0.3) is 21.9 Å². The maximum atomic E-state index is 13.2. The molecular weight excluding hydrogens is 352 g/mol. The van der Waals surface area contributed by atoms with Crippen molar-refractivity contribution in [2.75, 3.05) is 12.4 Å². The van der Waals surface area contributed by atoms with E-state index in [0.717, 1.165) is 22.2 Å². The van der Waals surface area contributed by atoms with Crippen LogP contribution in [0.3, 0.4) is 0 Å². The zero-order valence-corrected chi connectivity index (χ0v) is 16.5. The number of benzene rings is 2. The van der Waals surface area contributed by atoms with Crippen LogP contribution in [0.15, 0.2) is 53.3 Å². The predicted molar refractivity (Wildman–Crippen MR) is 114 cm³/mol. The molecule has 0 saturated carbocycles. The topological polar surface area (TPSA) is 89.2 Å². The lowest BCUT2D eigenvalue weighted by molar-refractivity contribution is 0.254. The second kappa shape index (κ2) is 8.27. The fourth-order valence-corrected chi connectivity index (χ4v) is 3.46. The highest BCUT2D eigenvalue weighted by molar-refractivity contribution is 6.01. The standard InChI is InChI=1S/C22H26N4O2/c1-14(2)13-26-19(12-23)20(15-7-5-4-6-8-15)18-11-16(25-22(28)24-3)9-10-17(18)21(26)27/h4-11,14H,12-13,23H2,1-3H3,(H2,24,25,28). The highest BCUT2D eigenvalue weighted by Gasteiger charge is 2.18. The molecule has 0 saturated heterocycles. The molecule has 0 radical (unpaired) electrons. The molecule has 0 aliphatic carbocycles. The highest BCUT2D eigenvalue weighted by Crippen LogP contribution is 2.32. The Balaban J connectivity index is 2.38. The maximum absolute atomic E-state index is 13.2. The average molecular weight is 378 g/mol. The van der Waals surface area contributed by atoms with E-state index in [1.165, 1.54) is 0 Å². The molecule has 4 N–H and O–H groups in total.